The van der Waals surface area contributed by atoms with Crippen LogP contribution in [-0.4, -0.2) is 39.4 Å². The van der Waals surface area contributed by atoms with Crippen molar-refractivity contribution in [3.05, 3.63) is 48.0 Å². The van der Waals surface area contributed by atoms with E-state index in [1.807, 2.05) is 0 Å². The lowest BCUT2D eigenvalue weighted by atomic mass is 10.1. The molecule has 6 heteroatoms. The number of esters is 1. The number of aliphatic hydroxyl groups is 1. The van der Waals surface area contributed by atoms with Gasteiger partial charge in [-0.25, -0.2) is 5.06 Å². The van der Waals surface area contributed by atoms with Gasteiger partial charge in [-0.05, 0) is 11.6 Å². The third-order valence-electron chi connectivity index (χ3n) is 3.23. The van der Waals surface area contributed by atoms with Gasteiger partial charge in [0.1, 0.15) is 6.10 Å². The minimum Gasteiger partial charge on any atom is -0.458 e. The highest BCUT2D eigenvalue weighted by Gasteiger charge is 2.32. The van der Waals surface area contributed by atoms with Crippen LogP contribution >= 0.6 is 0 Å². The zero-order chi connectivity index (χ0) is 15.4. The summed E-state index contributed by atoms with van der Waals surface area (Å²) in [6.07, 6.45) is 1.55. The fraction of sp³-hybridized carbons (Fsp3) is 0.333. The van der Waals surface area contributed by atoms with Crippen LogP contribution in [0.3, 0.4) is 0 Å². The van der Waals surface area contributed by atoms with Gasteiger partial charge in [-0.3, -0.25) is 14.8 Å². The Kier molecular flexibility index (Phi) is 4.72. The van der Waals surface area contributed by atoms with Crippen LogP contribution in [0.4, 0.5) is 0 Å². The molecule has 0 fully saturated rings. The topological polar surface area (TPSA) is 87.1 Å². The van der Waals surface area contributed by atoms with Crippen LogP contribution in [-0.2, 0) is 14.3 Å². The van der Waals surface area contributed by atoms with Gasteiger partial charge in [0.25, 0.3) is 5.91 Å². The van der Waals surface area contributed by atoms with Gasteiger partial charge in [-0.2, -0.15) is 0 Å². The van der Waals surface area contributed by atoms with Crippen LogP contribution in [0, 0.1) is 0 Å². The number of benzene rings is 1. The van der Waals surface area contributed by atoms with Crippen LogP contribution in [0.25, 0.3) is 0 Å². The molecular formula is C15H17NO5. The minimum absolute atomic E-state index is 0.267. The maximum atomic E-state index is 12.0. The lowest BCUT2D eigenvalue weighted by molar-refractivity contribution is -0.182. The maximum absolute atomic E-state index is 12.0. The lowest BCUT2D eigenvalue weighted by Gasteiger charge is -2.24. The van der Waals surface area contributed by atoms with Crippen molar-refractivity contribution in [1.29, 1.82) is 0 Å². The summed E-state index contributed by atoms with van der Waals surface area (Å²) >= 11 is 0. The van der Waals surface area contributed by atoms with E-state index in [1.165, 1.54) is 6.92 Å². The molecule has 1 amide bonds. The van der Waals surface area contributed by atoms with Crippen molar-refractivity contribution < 1.29 is 24.6 Å². The molecule has 0 radical (unpaired) electrons. The molecule has 1 aliphatic carbocycles. The Morgan fingerprint density at radius 3 is 2.57 bits per heavy atom. The first-order valence-electron chi connectivity index (χ1n) is 6.59. The summed E-state index contributed by atoms with van der Waals surface area (Å²) in [5, 5.41) is 20.4. The Bertz CT molecular complexity index is 542. The van der Waals surface area contributed by atoms with E-state index in [-0.39, 0.29) is 6.42 Å². The van der Waals surface area contributed by atoms with Gasteiger partial charge in [0, 0.05) is 13.3 Å². The quantitative estimate of drug-likeness (QED) is 0.377. The lowest BCUT2D eigenvalue weighted by Crippen LogP contribution is -2.39. The van der Waals surface area contributed by atoms with Crippen molar-refractivity contribution in [1.82, 2.24) is 5.06 Å². The fourth-order valence-electron chi connectivity index (χ4n) is 2.20. The first-order valence-corrected chi connectivity index (χ1v) is 6.59. The van der Waals surface area contributed by atoms with E-state index in [2.05, 4.69) is 0 Å². The number of hydrogen-bond acceptors (Lipinski definition) is 5. The van der Waals surface area contributed by atoms with Crippen molar-refractivity contribution in [3.8, 4) is 0 Å². The Balaban J connectivity index is 1.98. The molecule has 1 aliphatic rings. The summed E-state index contributed by atoms with van der Waals surface area (Å²) in [4.78, 5) is 22.9. The third kappa shape index (κ3) is 3.68. The van der Waals surface area contributed by atoms with Gasteiger partial charge in [0.15, 0.2) is 6.10 Å². The monoisotopic (exact) mass is 291 g/mol. The van der Waals surface area contributed by atoms with Gasteiger partial charge in [-0.15, -0.1) is 0 Å². The summed E-state index contributed by atoms with van der Waals surface area (Å²) in [6, 6.07) is 7.73. The molecule has 2 rings (SSSR count). The van der Waals surface area contributed by atoms with Crippen molar-refractivity contribution in [2.24, 2.45) is 0 Å². The van der Waals surface area contributed by atoms with E-state index in [0.717, 1.165) is 0 Å². The first kappa shape index (κ1) is 15.2. The van der Waals surface area contributed by atoms with Crippen molar-refractivity contribution in [2.45, 2.75) is 31.6 Å². The molecule has 0 aromatic heterocycles. The third-order valence-corrected chi connectivity index (χ3v) is 3.23. The second-order valence-corrected chi connectivity index (χ2v) is 4.83. The number of carbonyl (C=O) groups is 2. The van der Waals surface area contributed by atoms with Crippen LogP contribution in [0.2, 0.25) is 0 Å². The largest absolute Gasteiger partial charge is 0.458 e. The smallest absolute Gasteiger partial charge is 0.303 e. The van der Waals surface area contributed by atoms with Gasteiger partial charge in [0.2, 0.25) is 0 Å². The molecule has 0 bridgehead atoms. The molecule has 112 valence electrons. The van der Waals surface area contributed by atoms with E-state index in [4.69, 9.17) is 4.74 Å². The number of ether oxygens (including phenoxy) is 1. The van der Waals surface area contributed by atoms with Crippen LogP contribution in [0.1, 0.15) is 25.0 Å². The van der Waals surface area contributed by atoms with E-state index >= 15 is 0 Å². The number of amides is 1. The van der Waals surface area contributed by atoms with Gasteiger partial charge in [-0.1, -0.05) is 36.4 Å². The first-order chi connectivity index (χ1) is 9.99. The average molecular weight is 291 g/mol. The highest BCUT2D eigenvalue weighted by molar-refractivity contribution is 5.81. The second kappa shape index (κ2) is 6.51. The summed E-state index contributed by atoms with van der Waals surface area (Å²) in [5.74, 6) is -1.25. The minimum atomic E-state index is -1.43. The van der Waals surface area contributed by atoms with E-state index < -0.39 is 30.1 Å². The normalized spacial score (nSPS) is 21.9. The number of aliphatic hydroxyl groups excluding tert-OH is 1. The zero-order valence-electron chi connectivity index (χ0n) is 11.5. The molecule has 21 heavy (non-hydrogen) atoms. The Labute approximate surface area is 122 Å². The summed E-state index contributed by atoms with van der Waals surface area (Å²) in [7, 11) is 0. The van der Waals surface area contributed by atoms with Crippen LogP contribution in [0.5, 0.6) is 0 Å². The number of rotatable bonds is 4. The molecule has 1 aromatic carbocycles. The predicted octanol–water partition coefficient (Wildman–Crippen LogP) is 1.20. The molecule has 0 spiro atoms. The molecule has 0 saturated carbocycles. The summed E-state index contributed by atoms with van der Waals surface area (Å²) in [5.41, 5.74) is 0.403. The van der Waals surface area contributed by atoms with E-state index in [9.17, 15) is 19.9 Å². The Hall–Kier alpha value is -2.18. The number of hydrogen-bond donors (Lipinski definition) is 2. The second-order valence-electron chi connectivity index (χ2n) is 4.83. The highest BCUT2D eigenvalue weighted by atomic mass is 16.5. The summed E-state index contributed by atoms with van der Waals surface area (Å²) < 4.78 is 4.98. The molecule has 1 aromatic rings. The van der Waals surface area contributed by atoms with Gasteiger partial charge < -0.3 is 9.84 Å². The van der Waals surface area contributed by atoms with Crippen LogP contribution < -0.4 is 0 Å². The molecule has 0 saturated heterocycles. The molecule has 2 N–H and O–H groups in total. The SMILES string of the molecule is CC(=O)O[C@@H]1C=C[C@H](N(O)C(=O)[C@H](O)c2ccccc2)C1. The highest BCUT2D eigenvalue weighted by Crippen LogP contribution is 2.22. The van der Waals surface area contributed by atoms with Crippen molar-refractivity contribution >= 4 is 11.9 Å². The number of hydroxylamine groups is 2. The molecular weight excluding hydrogens is 274 g/mol. The standard InChI is InChI=1S/C15H17NO5/c1-10(17)21-13-8-7-12(9-13)16(20)15(19)14(18)11-5-3-2-4-6-11/h2-8,12-14,18,20H,9H2,1H3/t12-,13+,14+/m0/s1. The molecule has 0 aliphatic heterocycles. The van der Waals surface area contributed by atoms with Gasteiger partial charge >= 0.3 is 5.97 Å². The van der Waals surface area contributed by atoms with Crippen molar-refractivity contribution in [2.75, 3.05) is 0 Å². The number of nitrogens with zero attached hydrogens (tertiary/aromatic N) is 1. The van der Waals surface area contributed by atoms with E-state index in [0.29, 0.717) is 10.6 Å². The van der Waals surface area contributed by atoms with E-state index in [1.54, 1.807) is 42.5 Å². The predicted molar refractivity (Wildman–Crippen MR) is 73.1 cm³/mol. The van der Waals surface area contributed by atoms with Crippen molar-refractivity contribution in [3.63, 3.8) is 0 Å². The Morgan fingerprint density at radius 1 is 1.29 bits per heavy atom. The Morgan fingerprint density at radius 2 is 1.95 bits per heavy atom. The van der Waals surface area contributed by atoms with Crippen LogP contribution in [0.15, 0.2) is 42.5 Å². The summed E-state index contributed by atoms with van der Waals surface area (Å²) in [6.45, 7) is 1.29. The zero-order valence-corrected chi connectivity index (χ0v) is 11.5. The number of carbonyl (C=O) groups excluding carboxylic acids is 2. The molecule has 0 heterocycles. The molecule has 3 atom stereocenters. The molecule has 6 nitrogen and oxygen atoms in total. The van der Waals surface area contributed by atoms with Gasteiger partial charge in [0.05, 0.1) is 6.04 Å². The average Bonchev–Trinajstić information content (AvgIpc) is 2.93. The maximum Gasteiger partial charge on any atom is 0.303 e. The fourth-order valence-corrected chi connectivity index (χ4v) is 2.20. The molecule has 0 unspecified atom stereocenters.